The van der Waals surface area contributed by atoms with Crippen molar-refractivity contribution in [2.45, 2.75) is 32.1 Å². The molecule has 0 aromatic heterocycles. The fourth-order valence-electron chi connectivity index (χ4n) is 2.60. The molecule has 2 aliphatic rings. The quantitative estimate of drug-likeness (QED) is 0.799. The number of anilines is 2. The zero-order valence-corrected chi connectivity index (χ0v) is 11.8. The van der Waals surface area contributed by atoms with E-state index in [0.717, 1.165) is 36.7 Å². The van der Waals surface area contributed by atoms with Crippen LogP contribution < -0.4 is 10.6 Å². The highest BCUT2D eigenvalue weighted by atomic mass is 16.2. The van der Waals surface area contributed by atoms with Gasteiger partial charge in [0.15, 0.2) is 0 Å². The minimum absolute atomic E-state index is 0.166. The first-order valence-corrected chi connectivity index (χ1v) is 7.61. The van der Waals surface area contributed by atoms with Crippen LogP contribution in [0.1, 0.15) is 32.1 Å². The van der Waals surface area contributed by atoms with Crippen molar-refractivity contribution < 1.29 is 4.79 Å². The Morgan fingerprint density at radius 1 is 1.15 bits per heavy atom. The van der Waals surface area contributed by atoms with E-state index in [4.69, 9.17) is 0 Å². The van der Waals surface area contributed by atoms with E-state index in [1.54, 1.807) is 0 Å². The van der Waals surface area contributed by atoms with E-state index >= 15 is 0 Å². The van der Waals surface area contributed by atoms with Gasteiger partial charge in [-0.05, 0) is 56.2 Å². The average molecular weight is 270 g/mol. The summed E-state index contributed by atoms with van der Waals surface area (Å²) < 4.78 is 0. The lowest BCUT2D eigenvalue weighted by Crippen LogP contribution is -2.16. The number of hydrogen-bond donors (Lipinski definition) is 2. The van der Waals surface area contributed by atoms with Crippen molar-refractivity contribution in [1.82, 2.24) is 0 Å². The van der Waals surface area contributed by atoms with Crippen LogP contribution in [0.5, 0.6) is 0 Å². The molecule has 1 aromatic carbocycles. The normalized spacial score (nSPS) is 21.5. The minimum atomic E-state index is 0.166. The topological polar surface area (TPSA) is 41.1 Å². The van der Waals surface area contributed by atoms with Gasteiger partial charge in [-0.1, -0.05) is 18.2 Å². The number of hydrogen-bond acceptors (Lipinski definition) is 2. The molecule has 0 spiro atoms. The smallest absolute Gasteiger partial charge is 0.227 e. The van der Waals surface area contributed by atoms with E-state index < -0.39 is 0 Å². The molecule has 3 rings (SSSR count). The highest BCUT2D eigenvalue weighted by molar-refractivity contribution is 5.94. The van der Waals surface area contributed by atoms with E-state index in [9.17, 15) is 4.79 Å². The summed E-state index contributed by atoms with van der Waals surface area (Å²) >= 11 is 0. The first-order chi connectivity index (χ1) is 9.81. The summed E-state index contributed by atoms with van der Waals surface area (Å²) in [6, 6.07) is 8.03. The van der Waals surface area contributed by atoms with Crippen LogP contribution in [0.2, 0.25) is 0 Å². The maximum atomic E-state index is 11.8. The largest absolute Gasteiger partial charge is 0.385 e. The summed E-state index contributed by atoms with van der Waals surface area (Å²) in [5, 5.41) is 6.48. The van der Waals surface area contributed by atoms with Gasteiger partial charge in [0.05, 0.1) is 0 Å². The lowest BCUT2D eigenvalue weighted by atomic mass is 9.94. The Morgan fingerprint density at radius 3 is 2.75 bits per heavy atom. The summed E-state index contributed by atoms with van der Waals surface area (Å²) in [6.45, 7) is 1.00. The van der Waals surface area contributed by atoms with Crippen molar-refractivity contribution in [2.24, 2.45) is 11.8 Å². The summed E-state index contributed by atoms with van der Waals surface area (Å²) in [4.78, 5) is 11.8. The first-order valence-electron chi connectivity index (χ1n) is 7.61. The third kappa shape index (κ3) is 3.62. The molecule has 20 heavy (non-hydrogen) atoms. The molecule has 0 saturated heterocycles. The Morgan fingerprint density at radius 2 is 2.00 bits per heavy atom. The van der Waals surface area contributed by atoms with Crippen LogP contribution in [-0.2, 0) is 4.79 Å². The Kier molecular flexibility index (Phi) is 4.05. The van der Waals surface area contributed by atoms with Gasteiger partial charge in [0.1, 0.15) is 0 Å². The van der Waals surface area contributed by atoms with Gasteiger partial charge in [0.25, 0.3) is 0 Å². The van der Waals surface area contributed by atoms with Crippen LogP contribution in [0.15, 0.2) is 36.4 Å². The maximum absolute atomic E-state index is 11.8. The molecule has 3 heteroatoms. The van der Waals surface area contributed by atoms with Crippen molar-refractivity contribution in [1.29, 1.82) is 0 Å². The van der Waals surface area contributed by atoms with Crippen molar-refractivity contribution in [3.63, 3.8) is 0 Å². The van der Waals surface area contributed by atoms with Gasteiger partial charge >= 0.3 is 0 Å². The molecule has 1 fully saturated rings. The first kappa shape index (κ1) is 13.2. The molecule has 3 nitrogen and oxygen atoms in total. The fraction of sp³-hybridized carbons (Fsp3) is 0.471. The maximum Gasteiger partial charge on any atom is 0.227 e. The number of carbonyl (C=O) groups is 1. The molecule has 1 amide bonds. The van der Waals surface area contributed by atoms with Crippen LogP contribution in [0, 0.1) is 11.8 Å². The highest BCUT2D eigenvalue weighted by Crippen LogP contribution is 2.30. The molecule has 1 unspecified atom stereocenters. The molecule has 1 aromatic rings. The van der Waals surface area contributed by atoms with Gasteiger partial charge in [0, 0.05) is 23.8 Å². The second kappa shape index (κ2) is 6.12. The van der Waals surface area contributed by atoms with Gasteiger partial charge in [-0.15, -0.1) is 0 Å². The van der Waals surface area contributed by atoms with E-state index in [2.05, 4.69) is 28.9 Å². The Bertz CT molecular complexity index is 505. The second-order valence-electron chi connectivity index (χ2n) is 5.88. The van der Waals surface area contributed by atoms with Crippen LogP contribution in [-0.4, -0.2) is 12.5 Å². The van der Waals surface area contributed by atoms with Gasteiger partial charge < -0.3 is 10.6 Å². The molecule has 106 valence electrons. The molecule has 2 aliphatic carbocycles. The van der Waals surface area contributed by atoms with Crippen molar-refractivity contribution in [2.75, 3.05) is 17.2 Å². The third-order valence-electron chi connectivity index (χ3n) is 4.05. The summed E-state index contributed by atoms with van der Waals surface area (Å²) in [7, 11) is 0. The molecule has 1 atom stereocenters. The number of allylic oxidation sites excluding steroid dienone is 2. The summed E-state index contributed by atoms with van der Waals surface area (Å²) in [6.07, 6.45) is 10.3. The predicted octanol–water partition coefficient (Wildman–Crippen LogP) is 3.80. The SMILES string of the molecule is O=C(Nc1cccc(NCC2CC=CCC2)c1)C1CC1. The molecule has 0 aliphatic heterocycles. The van der Waals surface area contributed by atoms with Crippen molar-refractivity contribution in [3.8, 4) is 0 Å². The number of benzene rings is 1. The monoisotopic (exact) mass is 270 g/mol. The van der Waals surface area contributed by atoms with Crippen LogP contribution in [0.25, 0.3) is 0 Å². The summed E-state index contributed by atoms with van der Waals surface area (Å²) in [5.41, 5.74) is 1.99. The van der Waals surface area contributed by atoms with Crippen LogP contribution in [0.4, 0.5) is 11.4 Å². The number of nitrogens with one attached hydrogen (secondary N) is 2. The standard InChI is InChI=1S/C17H22N2O/c20-17(14-9-10-14)19-16-8-4-7-15(11-16)18-12-13-5-2-1-3-6-13/h1-2,4,7-8,11,13-14,18H,3,5-6,9-10,12H2,(H,19,20). The molecule has 0 heterocycles. The summed E-state index contributed by atoms with van der Waals surface area (Å²) in [5.74, 6) is 1.14. The van der Waals surface area contributed by atoms with Crippen molar-refractivity contribution >= 4 is 17.3 Å². The fourth-order valence-corrected chi connectivity index (χ4v) is 2.60. The molecule has 2 N–H and O–H groups in total. The lowest BCUT2D eigenvalue weighted by Gasteiger charge is -2.19. The minimum Gasteiger partial charge on any atom is -0.385 e. The van der Waals surface area contributed by atoms with Gasteiger partial charge in [-0.25, -0.2) is 0 Å². The zero-order chi connectivity index (χ0) is 13.8. The number of rotatable bonds is 5. The van der Waals surface area contributed by atoms with E-state index in [1.807, 2.05) is 18.2 Å². The molecular weight excluding hydrogens is 248 g/mol. The average Bonchev–Trinajstić information content (AvgIpc) is 3.31. The van der Waals surface area contributed by atoms with E-state index in [0.29, 0.717) is 0 Å². The highest BCUT2D eigenvalue weighted by Gasteiger charge is 2.29. The molecule has 0 bridgehead atoms. The van der Waals surface area contributed by atoms with E-state index in [-0.39, 0.29) is 11.8 Å². The molecular formula is C17H22N2O. The second-order valence-corrected chi connectivity index (χ2v) is 5.88. The van der Waals surface area contributed by atoms with Gasteiger partial charge in [0.2, 0.25) is 5.91 Å². The number of carbonyl (C=O) groups excluding carboxylic acids is 1. The molecule has 0 radical (unpaired) electrons. The Balaban J connectivity index is 1.53. The zero-order valence-electron chi connectivity index (χ0n) is 11.8. The van der Waals surface area contributed by atoms with Crippen molar-refractivity contribution in [3.05, 3.63) is 36.4 Å². The predicted molar refractivity (Wildman–Crippen MR) is 82.8 cm³/mol. The third-order valence-corrected chi connectivity index (χ3v) is 4.05. The Hall–Kier alpha value is -1.77. The van der Waals surface area contributed by atoms with Gasteiger partial charge in [-0.2, -0.15) is 0 Å². The van der Waals surface area contributed by atoms with Crippen LogP contribution in [0.3, 0.4) is 0 Å². The number of amides is 1. The Labute approximate surface area is 120 Å². The molecule has 1 saturated carbocycles. The van der Waals surface area contributed by atoms with Gasteiger partial charge in [-0.3, -0.25) is 4.79 Å². The lowest BCUT2D eigenvalue weighted by molar-refractivity contribution is -0.117. The van der Waals surface area contributed by atoms with Crippen LogP contribution >= 0.6 is 0 Å². The van der Waals surface area contributed by atoms with E-state index in [1.165, 1.54) is 19.3 Å².